The third-order valence-corrected chi connectivity index (χ3v) is 2.38. The number of ether oxygens (including phenoxy) is 1. The van der Waals surface area contributed by atoms with Gasteiger partial charge in [-0.15, -0.1) is 0 Å². The van der Waals surface area contributed by atoms with Crippen molar-refractivity contribution in [3.8, 4) is 0 Å². The van der Waals surface area contributed by atoms with Crippen LogP contribution >= 0.6 is 0 Å². The smallest absolute Gasteiger partial charge is 0.407 e. The summed E-state index contributed by atoms with van der Waals surface area (Å²) in [4.78, 5) is 11.3. The highest BCUT2D eigenvalue weighted by Gasteiger charge is 2.21. The maximum Gasteiger partial charge on any atom is 0.407 e. The van der Waals surface area contributed by atoms with Gasteiger partial charge in [-0.05, 0) is 46.0 Å². The molecule has 1 aliphatic rings. The molecule has 0 aromatic carbocycles. The Labute approximate surface area is 91.9 Å². The maximum absolute atomic E-state index is 11.3. The number of amides is 1. The molecule has 1 fully saturated rings. The van der Waals surface area contributed by atoms with Gasteiger partial charge in [0.25, 0.3) is 0 Å². The second kappa shape index (κ2) is 4.69. The molecule has 1 aliphatic carbocycles. The molecule has 0 atom stereocenters. The minimum absolute atomic E-state index is 0.319. The molecule has 1 rings (SSSR count). The van der Waals surface area contributed by atoms with Crippen LogP contribution in [-0.2, 0) is 4.74 Å². The number of hydrogen-bond acceptors (Lipinski definition) is 2. The third-order valence-electron chi connectivity index (χ3n) is 2.38. The summed E-state index contributed by atoms with van der Waals surface area (Å²) in [5.41, 5.74) is 0.923. The molecule has 0 spiro atoms. The first-order valence-electron chi connectivity index (χ1n) is 5.50. The van der Waals surface area contributed by atoms with Crippen LogP contribution < -0.4 is 5.32 Å². The summed E-state index contributed by atoms with van der Waals surface area (Å²) in [5, 5.41) is 2.76. The fourth-order valence-corrected chi connectivity index (χ4v) is 1.65. The molecular formula is C12H21NO2. The molecule has 0 aromatic rings. The van der Waals surface area contributed by atoms with Crippen molar-refractivity contribution in [2.24, 2.45) is 5.92 Å². The van der Waals surface area contributed by atoms with Crippen LogP contribution in [0.4, 0.5) is 4.79 Å². The van der Waals surface area contributed by atoms with E-state index in [1.165, 1.54) is 5.57 Å². The first kappa shape index (κ1) is 12.1. The molecule has 0 bridgehead atoms. The molecule has 1 saturated carbocycles. The largest absolute Gasteiger partial charge is 0.444 e. The monoisotopic (exact) mass is 211 g/mol. The quantitative estimate of drug-likeness (QED) is 0.729. The van der Waals surface area contributed by atoms with Gasteiger partial charge in [0.2, 0.25) is 0 Å². The highest BCUT2D eigenvalue weighted by molar-refractivity contribution is 5.67. The van der Waals surface area contributed by atoms with Gasteiger partial charge < -0.3 is 10.1 Å². The van der Waals surface area contributed by atoms with E-state index in [-0.39, 0.29) is 6.09 Å². The van der Waals surface area contributed by atoms with Crippen LogP contribution in [-0.4, -0.2) is 18.2 Å². The molecule has 15 heavy (non-hydrogen) atoms. The van der Waals surface area contributed by atoms with Gasteiger partial charge in [0, 0.05) is 6.54 Å². The third kappa shape index (κ3) is 4.86. The minimum atomic E-state index is -0.408. The molecule has 0 aromatic heterocycles. The van der Waals surface area contributed by atoms with E-state index < -0.39 is 5.60 Å². The summed E-state index contributed by atoms with van der Waals surface area (Å²) >= 11 is 0. The van der Waals surface area contributed by atoms with E-state index in [1.807, 2.05) is 20.8 Å². The Kier molecular flexibility index (Phi) is 3.77. The van der Waals surface area contributed by atoms with Crippen LogP contribution in [0.5, 0.6) is 0 Å². The number of allylic oxidation sites excluding steroid dienone is 1. The normalized spacial score (nSPS) is 17.1. The Hall–Kier alpha value is -0.990. The molecular weight excluding hydrogens is 190 g/mol. The van der Waals surface area contributed by atoms with E-state index in [2.05, 4.69) is 11.9 Å². The lowest BCUT2D eigenvalue weighted by molar-refractivity contribution is 0.0524. The van der Waals surface area contributed by atoms with E-state index >= 15 is 0 Å². The fraction of sp³-hybridized carbons (Fsp3) is 0.750. The lowest BCUT2D eigenvalue weighted by Crippen LogP contribution is -2.34. The number of carbonyl (C=O) groups is 1. The fourth-order valence-electron chi connectivity index (χ4n) is 1.65. The van der Waals surface area contributed by atoms with E-state index in [0.717, 1.165) is 19.3 Å². The predicted molar refractivity (Wildman–Crippen MR) is 60.7 cm³/mol. The number of hydrogen-bond donors (Lipinski definition) is 1. The maximum atomic E-state index is 11.3. The SMILES string of the molecule is C=C1CC(CCNC(=O)OC(C)(C)C)C1. The van der Waals surface area contributed by atoms with Gasteiger partial charge in [0.15, 0.2) is 0 Å². The zero-order valence-corrected chi connectivity index (χ0v) is 9.93. The predicted octanol–water partition coefficient (Wildman–Crippen LogP) is 2.87. The zero-order valence-electron chi connectivity index (χ0n) is 9.93. The topological polar surface area (TPSA) is 38.3 Å². The Bertz CT molecular complexity index is 245. The summed E-state index contributed by atoms with van der Waals surface area (Å²) < 4.78 is 5.12. The van der Waals surface area contributed by atoms with Crippen molar-refractivity contribution in [1.29, 1.82) is 0 Å². The van der Waals surface area contributed by atoms with Gasteiger partial charge in [-0.2, -0.15) is 0 Å². The Morgan fingerprint density at radius 3 is 2.60 bits per heavy atom. The van der Waals surface area contributed by atoms with Crippen molar-refractivity contribution >= 4 is 6.09 Å². The van der Waals surface area contributed by atoms with Crippen molar-refractivity contribution in [3.05, 3.63) is 12.2 Å². The molecule has 1 amide bonds. The second-order valence-electron chi connectivity index (χ2n) is 5.24. The van der Waals surface area contributed by atoms with E-state index in [9.17, 15) is 4.79 Å². The average molecular weight is 211 g/mol. The van der Waals surface area contributed by atoms with Gasteiger partial charge in [0.05, 0.1) is 0 Å². The molecule has 1 N–H and O–H groups in total. The molecule has 0 unspecified atom stereocenters. The van der Waals surface area contributed by atoms with Crippen LogP contribution in [0.15, 0.2) is 12.2 Å². The van der Waals surface area contributed by atoms with Crippen molar-refractivity contribution < 1.29 is 9.53 Å². The first-order chi connectivity index (χ1) is 6.87. The summed E-state index contributed by atoms with van der Waals surface area (Å²) in [5.74, 6) is 0.715. The first-order valence-corrected chi connectivity index (χ1v) is 5.50. The molecule has 0 saturated heterocycles. The van der Waals surface area contributed by atoms with Crippen molar-refractivity contribution in [1.82, 2.24) is 5.32 Å². The molecule has 0 radical (unpaired) electrons. The van der Waals surface area contributed by atoms with Crippen LogP contribution in [0.3, 0.4) is 0 Å². The summed E-state index contributed by atoms with van der Waals surface area (Å²) in [6.07, 6.45) is 2.95. The molecule has 0 heterocycles. The van der Waals surface area contributed by atoms with Crippen LogP contribution in [0, 0.1) is 5.92 Å². The number of carbonyl (C=O) groups excluding carboxylic acids is 1. The van der Waals surface area contributed by atoms with E-state index in [0.29, 0.717) is 12.5 Å². The van der Waals surface area contributed by atoms with Gasteiger partial charge in [-0.25, -0.2) is 4.79 Å². The molecule has 3 nitrogen and oxygen atoms in total. The van der Waals surface area contributed by atoms with Crippen molar-refractivity contribution in [3.63, 3.8) is 0 Å². The van der Waals surface area contributed by atoms with Gasteiger partial charge in [-0.3, -0.25) is 0 Å². The number of nitrogens with one attached hydrogen (secondary N) is 1. The summed E-state index contributed by atoms with van der Waals surface area (Å²) in [6.45, 7) is 10.2. The van der Waals surface area contributed by atoms with Crippen LogP contribution in [0.2, 0.25) is 0 Å². The highest BCUT2D eigenvalue weighted by Crippen LogP contribution is 2.33. The minimum Gasteiger partial charge on any atom is -0.444 e. The number of alkyl carbamates (subject to hydrolysis) is 1. The average Bonchev–Trinajstić information content (AvgIpc) is 1.97. The van der Waals surface area contributed by atoms with E-state index in [4.69, 9.17) is 4.74 Å². The van der Waals surface area contributed by atoms with E-state index in [1.54, 1.807) is 0 Å². The molecule has 0 aliphatic heterocycles. The van der Waals surface area contributed by atoms with Gasteiger partial charge in [-0.1, -0.05) is 12.2 Å². The Morgan fingerprint density at radius 1 is 1.53 bits per heavy atom. The van der Waals surface area contributed by atoms with Crippen LogP contribution in [0.25, 0.3) is 0 Å². The zero-order chi connectivity index (χ0) is 11.5. The van der Waals surface area contributed by atoms with Crippen molar-refractivity contribution in [2.45, 2.75) is 45.6 Å². The van der Waals surface area contributed by atoms with Crippen molar-refractivity contribution in [2.75, 3.05) is 6.54 Å². The molecule has 86 valence electrons. The lowest BCUT2D eigenvalue weighted by atomic mass is 9.79. The second-order valence-corrected chi connectivity index (χ2v) is 5.24. The van der Waals surface area contributed by atoms with Gasteiger partial charge in [0.1, 0.15) is 5.60 Å². The summed E-state index contributed by atoms with van der Waals surface area (Å²) in [7, 11) is 0. The number of rotatable bonds is 3. The standard InChI is InChI=1S/C12H21NO2/c1-9-7-10(8-9)5-6-13-11(14)15-12(2,3)4/h10H,1,5-8H2,2-4H3,(H,13,14). The molecule has 3 heteroatoms. The van der Waals surface area contributed by atoms with Gasteiger partial charge >= 0.3 is 6.09 Å². The Balaban J connectivity index is 2.05. The van der Waals surface area contributed by atoms with Crippen LogP contribution in [0.1, 0.15) is 40.0 Å². The Morgan fingerprint density at radius 2 is 2.13 bits per heavy atom. The summed E-state index contributed by atoms with van der Waals surface area (Å²) in [6, 6.07) is 0. The highest BCUT2D eigenvalue weighted by atomic mass is 16.6. The lowest BCUT2D eigenvalue weighted by Gasteiger charge is -2.28.